The summed E-state index contributed by atoms with van der Waals surface area (Å²) in [6.07, 6.45) is 2.76. The maximum Gasteiger partial charge on any atom is 0.264 e. The Bertz CT molecular complexity index is 1670. The van der Waals surface area contributed by atoms with Gasteiger partial charge < -0.3 is 19.5 Å². The van der Waals surface area contributed by atoms with Gasteiger partial charge >= 0.3 is 0 Å². The Hall–Kier alpha value is -2.55. The lowest BCUT2D eigenvalue weighted by Gasteiger charge is -2.38. The normalized spacial score (nSPS) is 22.8. The lowest BCUT2D eigenvalue weighted by Crippen LogP contribution is -2.45. The highest BCUT2D eigenvalue weighted by atomic mass is 127. The summed E-state index contributed by atoms with van der Waals surface area (Å²) in [5, 5.41) is 17.9. The Balaban J connectivity index is 1.41. The predicted molar refractivity (Wildman–Crippen MR) is 190 cm³/mol. The number of aliphatic hydroxyl groups excluding tert-OH is 1. The molecule has 1 spiro atoms. The van der Waals surface area contributed by atoms with Gasteiger partial charge in [-0.25, -0.2) is 0 Å². The van der Waals surface area contributed by atoms with E-state index in [-0.39, 0.29) is 35.9 Å². The van der Waals surface area contributed by atoms with Crippen molar-refractivity contribution in [2.75, 3.05) is 18.6 Å². The minimum atomic E-state index is -1.12. The number of carbonyl (C=O) groups excluding carboxylic acids is 1. The van der Waals surface area contributed by atoms with Gasteiger partial charge in [0.05, 0.1) is 31.1 Å². The van der Waals surface area contributed by atoms with E-state index in [2.05, 4.69) is 131 Å². The summed E-state index contributed by atoms with van der Waals surface area (Å²) in [6, 6.07) is 22.9. The van der Waals surface area contributed by atoms with Crippen LogP contribution in [0.25, 0.3) is 0 Å². The van der Waals surface area contributed by atoms with Gasteiger partial charge in [-0.2, -0.15) is 0 Å². The van der Waals surface area contributed by atoms with Crippen LogP contribution in [0.2, 0.25) is 0 Å². The molecular formula is C35H38I2N4O4. The zero-order valence-corrected chi connectivity index (χ0v) is 30.2. The van der Waals surface area contributed by atoms with Crippen molar-refractivity contribution in [2.24, 2.45) is 11.8 Å². The molecular weight excluding hydrogens is 794 g/mol. The second kappa shape index (κ2) is 12.9. The van der Waals surface area contributed by atoms with Crippen LogP contribution in [-0.2, 0) is 40.1 Å². The summed E-state index contributed by atoms with van der Waals surface area (Å²) in [7, 11) is 1.68. The summed E-state index contributed by atoms with van der Waals surface area (Å²) in [4.78, 5) is 16.8. The van der Waals surface area contributed by atoms with Crippen molar-refractivity contribution in [1.82, 2.24) is 15.0 Å². The van der Waals surface area contributed by atoms with Crippen LogP contribution in [0.1, 0.15) is 49.6 Å². The molecule has 236 valence electrons. The first-order valence-corrected chi connectivity index (χ1v) is 17.4. The lowest BCUT2D eigenvalue weighted by molar-refractivity contribution is -0.146. The van der Waals surface area contributed by atoms with Gasteiger partial charge in [0.1, 0.15) is 5.75 Å². The van der Waals surface area contributed by atoms with Crippen LogP contribution in [0.4, 0.5) is 5.69 Å². The summed E-state index contributed by atoms with van der Waals surface area (Å²) in [6.45, 7) is 7.81. The van der Waals surface area contributed by atoms with Gasteiger partial charge in [0.15, 0.2) is 5.60 Å². The van der Waals surface area contributed by atoms with Gasteiger partial charge in [0, 0.05) is 50.3 Å². The molecule has 3 heterocycles. The Kier molecular flexibility index (Phi) is 9.30. The number of anilines is 1. The van der Waals surface area contributed by atoms with Crippen molar-refractivity contribution < 1.29 is 19.4 Å². The number of fused-ring (bicyclic) bond motifs is 2. The average Bonchev–Trinajstić information content (AvgIpc) is 3.67. The number of ether oxygens (including phenoxy) is 2. The van der Waals surface area contributed by atoms with Crippen LogP contribution in [0.3, 0.4) is 0 Å². The minimum Gasteiger partial charge on any atom is -0.497 e. The number of carbonyl (C=O) groups is 1. The van der Waals surface area contributed by atoms with Crippen molar-refractivity contribution in [3.05, 3.63) is 102 Å². The molecule has 1 amide bonds. The van der Waals surface area contributed by atoms with E-state index in [9.17, 15) is 9.90 Å². The molecule has 1 N–H and O–H groups in total. The van der Waals surface area contributed by atoms with E-state index in [1.165, 1.54) is 5.56 Å². The van der Waals surface area contributed by atoms with Crippen molar-refractivity contribution >= 4 is 56.8 Å². The summed E-state index contributed by atoms with van der Waals surface area (Å²) in [5.74, 6) is 0.671. The highest BCUT2D eigenvalue weighted by Crippen LogP contribution is 2.60. The molecule has 0 saturated carbocycles. The van der Waals surface area contributed by atoms with E-state index in [1.54, 1.807) is 7.11 Å². The maximum atomic E-state index is 14.9. The standard InChI is InChI=1S/C35H38I2N4O4/c1-22-32(34(2,3)24-7-12-28(44-4)13-8-24)31(15-17-40-21-27(16-18-42)38-39-40)45-35(22)29-19-26(37)11-14-30(29)41(33(35)43)20-23-5-9-25(36)10-6-23/h5-14,19,21-22,31-32,42H,15-18,20H2,1-4H3/t22-,31+,32-,35+/m0/s1. The highest BCUT2D eigenvalue weighted by molar-refractivity contribution is 14.1. The van der Waals surface area contributed by atoms with Crippen LogP contribution in [0, 0.1) is 19.0 Å². The van der Waals surface area contributed by atoms with E-state index >= 15 is 0 Å². The Labute approximate surface area is 291 Å². The first-order chi connectivity index (χ1) is 21.6. The van der Waals surface area contributed by atoms with Crippen molar-refractivity contribution in [3.63, 3.8) is 0 Å². The Morgan fingerprint density at radius 1 is 1.04 bits per heavy atom. The monoisotopic (exact) mass is 832 g/mol. The average molecular weight is 833 g/mol. The minimum absolute atomic E-state index is 0.000695. The quantitative estimate of drug-likeness (QED) is 0.184. The van der Waals surface area contributed by atoms with Crippen molar-refractivity contribution in [3.8, 4) is 5.75 Å². The van der Waals surface area contributed by atoms with Crippen LogP contribution in [0.15, 0.2) is 72.9 Å². The molecule has 0 radical (unpaired) electrons. The van der Waals surface area contributed by atoms with E-state index in [0.717, 1.165) is 35.4 Å². The molecule has 2 aliphatic rings. The number of rotatable bonds is 10. The fraction of sp³-hybridized carbons (Fsp3) is 0.400. The number of methoxy groups -OCH3 is 1. The SMILES string of the molecule is COc1ccc(C(C)(C)[C@@H]2[C@@H](CCn3cc(CCO)nn3)O[C@]3(C(=O)N(Cc4ccc(I)cc4)c4ccc(I)cc43)[C@H]2C)cc1. The summed E-state index contributed by atoms with van der Waals surface area (Å²) in [5.41, 5.74) is 3.40. The Morgan fingerprint density at radius 3 is 2.44 bits per heavy atom. The fourth-order valence-corrected chi connectivity index (χ4v) is 8.27. The lowest BCUT2D eigenvalue weighted by atomic mass is 9.63. The molecule has 2 aliphatic heterocycles. The molecule has 4 aromatic rings. The zero-order valence-electron chi connectivity index (χ0n) is 25.9. The Morgan fingerprint density at radius 2 is 1.76 bits per heavy atom. The maximum absolute atomic E-state index is 14.9. The van der Waals surface area contributed by atoms with Gasteiger partial charge in [-0.3, -0.25) is 9.48 Å². The number of amides is 1. The number of hydrogen-bond acceptors (Lipinski definition) is 6. The highest BCUT2D eigenvalue weighted by Gasteiger charge is 2.65. The van der Waals surface area contributed by atoms with E-state index in [4.69, 9.17) is 9.47 Å². The third-order valence-electron chi connectivity index (χ3n) is 9.65. The molecule has 0 bridgehead atoms. The van der Waals surface area contributed by atoms with Gasteiger partial charge in [0.2, 0.25) is 0 Å². The van der Waals surface area contributed by atoms with Crippen LogP contribution in [-0.4, -0.2) is 45.8 Å². The number of aliphatic hydroxyl groups is 1. The molecule has 1 fully saturated rings. The van der Waals surface area contributed by atoms with E-state index < -0.39 is 5.60 Å². The number of hydrogen-bond donors (Lipinski definition) is 1. The predicted octanol–water partition coefficient (Wildman–Crippen LogP) is 6.49. The number of halogens is 2. The fourth-order valence-electron chi connectivity index (χ4n) is 7.42. The topological polar surface area (TPSA) is 89.7 Å². The molecule has 0 aliphatic carbocycles. The molecule has 10 heteroatoms. The first kappa shape index (κ1) is 32.4. The molecule has 1 saturated heterocycles. The second-order valence-corrected chi connectivity index (χ2v) is 15.1. The van der Waals surface area contributed by atoms with E-state index in [0.29, 0.717) is 25.9 Å². The second-order valence-electron chi connectivity index (χ2n) is 12.6. The number of aryl methyl sites for hydroxylation is 1. The van der Waals surface area contributed by atoms with Gasteiger partial charge in [-0.1, -0.05) is 50.3 Å². The first-order valence-electron chi connectivity index (χ1n) is 15.3. The van der Waals surface area contributed by atoms with Gasteiger partial charge in [0.25, 0.3) is 5.91 Å². The van der Waals surface area contributed by atoms with Crippen LogP contribution >= 0.6 is 45.2 Å². The number of aromatic nitrogens is 3. The molecule has 8 nitrogen and oxygen atoms in total. The largest absolute Gasteiger partial charge is 0.497 e. The molecule has 3 aromatic carbocycles. The smallest absolute Gasteiger partial charge is 0.264 e. The van der Waals surface area contributed by atoms with Crippen molar-refractivity contribution in [2.45, 2.75) is 63.8 Å². The number of benzene rings is 3. The molecule has 4 atom stereocenters. The third kappa shape index (κ3) is 5.91. The molecule has 6 rings (SSSR count). The zero-order chi connectivity index (χ0) is 31.9. The third-order valence-corrected chi connectivity index (χ3v) is 11.0. The summed E-state index contributed by atoms with van der Waals surface area (Å²) < 4.78 is 16.7. The van der Waals surface area contributed by atoms with Crippen LogP contribution < -0.4 is 9.64 Å². The molecule has 1 aromatic heterocycles. The van der Waals surface area contributed by atoms with Gasteiger partial charge in [-0.05, 0) is 111 Å². The van der Waals surface area contributed by atoms with Crippen molar-refractivity contribution in [1.29, 1.82) is 0 Å². The molecule has 45 heavy (non-hydrogen) atoms. The van der Waals surface area contributed by atoms with Gasteiger partial charge in [-0.15, -0.1) is 5.10 Å². The summed E-state index contributed by atoms with van der Waals surface area (Å²) >= 11 is 4.64. The molecule has 0 unspecified atom stereocenters. The van der Waals surface area contributed by atoms with E-state index in [1.807, 2.05) is 27.9 Å². The number of nitrogens with zero attached hydrogens (tertiary/aromatic N) is 4. The van der Waals surface area contributed by atoms with Crippen LogP contribution in [0.5, 0.6) is 5.75 Å².